The highest BCUT2D eigenvalue weighted by molar-refractivity contribution is 7.91. The SMILES string of the molecule is CCCS(=O)(=O)CCN1CCCCC1C1CCCC1=O. The Balaban J connectivity index is 1.95. The third-order valence-electron chi connectivity index (χ3n) is 4.69. The van der Waals surface area contributed by atoms with Crippen molar-refractivity contribution in [1.29, 1.82) is 0 Å². The second kappa shape index (κ2) is 7.03. The summed E-state index contributed by atoms with van der Waals surface area (Å²) in [6, 6.07) is 0.301. The van der Waals surface area contributed by atoms with Crippen LogP contribution in [0.1, 0.15) is 51.9 Å². The molecule has 1 saturated heterocycles. The monoisotopic (exact) mass is 301 g/mol. The number of hydrogen-bond donors (Lipinski definition) is 0. The number of sulfone groups is 1. The molecule has 0 aromatic rings. The molecule has 0 aromatic carbocycles. The van der Waals surface area contributed by atoms with Crippen LogP contribution in [0.5, 0.6) is 0 Å². The Hall–Kier alpha value is -0.420. The van der Waals surface area contributed by atoms with Crippen molar-refractivity contribution >= 4 is 15.6 Å². The van der Waals surface area contributed by atoms with Gasteiger partial charge >= 0.3 is 0 Å². The second-order valence-corrected chi connectivity index (χ2v) is 8.52. The van der Waals surface area contributed by atoms with Gasteiger partial charge in [-0.1, -0.05) is 13.3 Å². The Bertz CT molecular complexity index is 432. The number of carbonyl (C=O) groups is 1. The summed E-state index contributed by atoms with van der Waals surface area (Å²) < 4.78 is 23.7. The summed E-state index contributed by atoms with van der Waals surface area (Å²) in [4.78, 5) is 14.3. The number of nitrogens with zero attached hydrogens (tertiary/aromatic N) is 1. The van der Waals surface area contributed by atoms with Crippen molar-refractivity contribution in [3.8, 4) is 0 Å². The lowest BCUT2D eigenvalue weighted by molar-refractivity contribution is -0.123. The molecule has 0 amide bonds. The Morgan fingerprint density at radius 2 is 1.95 bits per heavy atom. The topological polar surface area (TPSA) is 54.5 Å². The Kier molecular flexibility index (Phi) is 5.61. The van der Waals surface area contributed by atoms with Crippen molar-refractivity contribution in [2.75, 3.05) is 24.6 Å². The fourth-order valence-electron chi connectivity index (χ4n) is 3.67. The average Bonchev–Trinajstić information content (AvgIpc) is 2.83. The Morgan fingerprint density at radius 1 is 1.15 bits per heavy atom. The number of ketones is 1. The van der Waals surface area contributed by atoms with Gasteiger partial charge in [0, 0.05) is 30.7 Å². The Labute approximate surface area is 122 Å². The van der Waals surface area contributed by atoms with Gasteiger partial charge in [0.05, 0.1) is 5.75 Å². The first-order valence-electron chi connectivity index (χ1n) is 8.00. The van der Waals surface area contributed by atoms with Crippen LogP contribution < -0.4 is 0 Å². The van der Waals surface area contributed by atoms with Gasteiger partial charge in [0.1, 0.15) is 5.78 Å². The molecule has 2 rings (SSSR count). The summed E-state index contributed by atoms with van der Waals surface area (Å²) in [5.41, 5.74) is 0. The Morgan fingerprint density at radius 3 is 2.60 bits per heavy atom. The largest absolute Gasteiger partial charge is 0.299 e. The minimum absolute atomic E-state index is 0.171. The van der Waals surface area contributed by atoms with E-state index in [-0.39, 0.29) is 17.4 Å². The third kappa shape index (κ3) is 4.04. The van der Waals surface area contributed by atoms with Crippen LogP contribution in [0.25, 0.3) is 0 Å². The van der Waals surface area contributed by atoms with Gasteiger partial charge in [0.25, 0.3) is 0 Å². The van der Waals surface area contributed by atoms with Crippen LogP contribution in [0, 0.1) is 5.92 Å². The van der Waals surface area contributed by atoms with E-state index in [2.05, 4.69) is 4.90 Å². The minimum Gasteiger partial charge on any atom is -0.299 e. The van der Waals surface area contributed by atoms with Gasteiger partial charge in [-0.05, 0) is 38.6 Å². The highest BCUT2D eigenvalue weighted by Gasteiger charge is 2.36. The molecular formula is C15H27NO3S. The van der Waals surface area contributed by atoms with E-state index in [0.717, 1.165) is 38.6 Å². The summed E-state index contributed by atoms with van der Waals surface area (Å²) in [6.45, 7) is 3.46. The maximum atomic E-state index is 12.0. The molecule has 1 saturated carbocycles. The summed E-state index contributed by atoms with van der Waals surface area (Å²) >= 11 is 0. The molecule has 20 heavy (non-hydrogen) atoms. The average molecular weight is 301 g/mol. The molecule has 0 radical (unpaired) electrons. The molecule has 2 aliphatic rings. The molecule has 1 heterocycles. The molecule has 116 valence electrons. The van der Waals surface area contributed by atoms with Crippen LogP contribution in [-0.2, 0) is 14.6 Å². The fourth-order valence-corrected chi connectivity index (χ4v) is 5.01. The van der Waals surface area contributed by atoms with Crippen molar-refractivity contribution in [2.45, 2.75) is 57.9 Å². The van der Waals surface area contributed by atoms with Gasteiger partial charge in [0.2, 0.25) is 0 Å². The number of carbonyl (C=O) groups excluding carboxylic acids is 1. The van der Waals surface area contributed by atoms with Gasteiger partial charge in [-0.3, -0.25) is 9.69 Å². The van der Waals surface area contributed by atoms with Crippen molar-refractivity contribution in [3.63, 3.8) is 0 Å². The zero-order valence-corrected chi connectivity index (χ0v) is 13.3. The third-order valence-corrected chi connectivity index (χ3v) is 6.52. The molecule has 2 fully saturated rings. The van der Waals surface area contributed by atoms with Crippen LogP contribution in [0.3, 0.4) is 0 Å². The first kappa shape index (κ1) is 16.0. The summed E-state index contributed by atoms with van der Waals surface area (Å²) in [5.74, 6) is 1.11. The van der Waals surface area contributed by atoms with Crippen molar-refractivity contribution < 1.29 is 13.2 Å². The van der Waals surface area contributed by atoms with Crippen LogP contribution in [-0.4, -0.2) is 49.7 Å². The maximum absolute atomic E-state index is 12.0. The molecule has 4 nitrogen and oxygen atoms in total. The lowest BCUT2D eigenvalue weighted by atomic mass is 9.88. The summed E-state index contributed by atoms with van der Waals surface area (Å²) in [6.07, 6.45) is 6.79. The highest BCUT2D eigenvalue weighted by Crippen LogP contribution is 2.32. The molecule has 2 unspecified atom stereocenters. The second-order valence-electron chi connectivity index (χ2n) is 6.22. The molecular weight excluding hydrogens is 274 g/mol. The predicted octanol–water partition coefficient (Wildman–Crippen LogP) is 2.03. The maximum Gasteiger partial charge on any atom is 0.151 e. The molecule has 1 aliphatic carbocycles. The van der Waals surface area contributed by atoms with Crippen molar-refractivity contribution in [2.24, 2.45) is 5.92 Å². The quantitative estimate of drug-likeness (QED) is 0.753. The molecule has 0 bridgehead atoms. The first-order valence-corrected chi connectivity index (χ1v) is 9.83. The van der Waals surface area contributed by atoms with E-state index in [4.69, 9.17) is 0 Å². The number of piperidine rings is 1. The lowest BCUT2D eigenvalue weighted by Crippen LogP contribution is -2.47. The van der Waals surface area contributed by atoms with Gasteiger partial charge in [0.15, 0.2) is 9.84 Å². The fraction of sp³-hybridized carbons (Fsp3) is 0.933. The number of likely N-dealkylation sites (tertiary alicyclic amines) is 1. The zero-order chi connectivity index (χ0) is 14.6. The van der Waals surface area contributed by atoms with Crippen molar-refractivity contribution in [3.05, 3.63) is 0 Å². The minimum atomic E-state index is -2.92. The summed E-state index contributed by atoms with van der Waals surface area (Å²) in [5, 5.41) is 0. The smallest absolute Gasteiger partial charge is 0.151 e. The number of hydrogen-bond acceptors (Lipinski definition) is 4. The van der Waals surface area contributed by atoms with E-state index in [0.29, 0.717) is 24.8 Å². The van der Waals surface area contributed by atoms with Crippen LogP contribution in [0.15, 0.2) is 0 Å². The zero-order valence-electron chi connectivity index (χ0n) is 12.5. The van der Waals surface area contributed by atoms with E-state index in [1.165, 1.54) is 6.42 Å². The van der Waals surface area contributed by atoms with E-state index < -0.39 is 9.84 Å². The van der Waals surface area contributed by atoms with E-state index in [1.54, 1.807) is 0 Å². The van der Waals surface area contributed by atoms with Gasteiger partial charge < -0.3 is 0 Å². The predicted molar refractivity (Wildman–Crippen MR) is 80.5 cm³/mol. The molecule has 0 aromatic heterocycles. The molecule has 0 spiro atoms. The standard InChI is InChI=1S/C15H27NO3S/c1-2-11-20(18,19)12-10-16-9-4-3-7-14(16)13-6-5-8-15(13)17/h13-14H,2-12H2,1H3. The normalized spacial score (nSPS) is 28.9. The molecule has 1 aliphatic heterocycles. The van der Waals surface area contributed by atoms with E-state index in [1.807, 2.05) is 6.92 Å². The molecule has 0 N–H and O–H groups in total. The molecule has 2 atom stereocenters. The van der Waals surface area contributed by atoms with E-state index in [9.17, 15) is 13.2 Å². The first-order chi connectivity index (χ1) is 9.53. The lowest BCUT2D eigenvalue weighted by Gasteiger charge is -2.38. The summed E-state index contributed by atoms with van der Waals surface area (Å²) in [7, 11) is -2.92. The van der Waals surface area contributed by atoms with Gasteiger partial charge in [-0.25, -0.2) is 8.42 Å². The van der Waals surface area contributed by atoms with Crippen LogP contribution in [0.4, 0.5) is 0 Å². The number of rotatable bonds is 6. The van der Waals surface area contributed by atoms with Crippen molar-refractivity contribution in [1.82, 2.24) is 4.90 Å². The van der Waals surface area contributed by atoms with Crippen LogP contribution >= 0.6 is 0 Å². The van der Waals surface area contributed by atoms with E-state index >= 15 is 0 Å². The van der Waals surface area contributed by atoms with Gasteiger partial charge in [-0.15, -0.1) is 0 Å². The molecule has 5 heteroatoms. The highest BCUT2D eigenvalue weighted by atomic mass is 32.2. The van der Waals surface area contributed by atoms with Gasteiger partial charge in [-0.2, -0.15) is 0 Å². The van der Waals surface area contributed by atoms with Crippen LogP contribution in [0.2, 0.25) is 0 Å². The number of Topliss-reactive ketones (excluding diaryl/α,β-unsaturated/α-hetero) is 1.